The molecule has 1 aliphatic carbocycles. The van der Waals surface area contributed by atoms with Gasteiger partial charge in [0.15, 0.2) is 5.78 Å². The molecule has 1 aromatic carbocycles. The van der Waals surface area contributed by atoms with E-state index in [9.17, 15) is 4.79 Å². The average molecular weight is 295 g/mol. The van der Waals surface area contributed by atoms with Crippen LogP contribution < -0.4 is 4.74 Å². The number of hydrogen-bond donors (Lipinski definition) is 0. The Kier molecular flexibility index (Phi) is 3.19. The van der Waals surface area contributed by atoms with E-state index in [4.69, 9.17) is 14.5 Å². The van der Waals surface area contributed by atoms with Gasteiger partial charge in [0.1, 0.15) is 5.75 Å². The SMILES string of the molecule is CCOC1Oc2ccccc2-c2nc3c(cc21)C(=O)CCC3. The molecular weight excluding hydrogens is 278 g/mol. The van der Waals surface area contributed by atoms with Crippen LogP contribution in [0.25, 0.3) is 11.3 Å². The molecule has 0 amide bonds. The van der Waals surface area contributed by atoms with Gasteiger partial charge in [-0.05, 0) is 38.0 Å². The Morgan fingerprint density at radius 3 is 3.00 bits per heavy atom. The molecule has 1 unspecified atom stereocenters. The van der Waals surface area contributed by atoms with E-state index in [0.29, 0.717) is 13.0 Å². The molecule has 1 aliphatic heterocycles. The number of benzene rings is 1. The van der Waals surface area contributed by atoms with E-state index < -0.39 is 6.29 Å². The van der Waals surface area contributed by atoms with E-state index in [1.807, 2.05) is 37.3 Å². The first-order chi connectivity index (χ1) is 10.8. The lowest BCUT2D eigenvalue weighted by molar-refractivity contribution is -0.0803. The van der Waals surface area contributed by atoms with E-state index >= 15 is 0 Å². The zero-order valence-corrected chi connectivity index (χ0v) is 12.5. The highest BCUT2D eigenvalue weighted by Gasteiger charge is 2.31. The van der Waals surface area contributed by atoms with Crippen molar-refractivity contribution in [1.29, 1.82) is 0 Å². The van der Waals surface area contributed by atoms with Gasteiger partial charge in [0.05, 0.1) is 11.4 Å². The van der Waals surface area contributed by atoms with Crippen molar-refractivity contribution in [1.82, 2.24) is 4.98 Å². The largest absolute Gasteiger partial charge is 0.460 e. The summed E-state index contributed by atoms with van der Waals surface area (Å²) >= 11 is 0. The minimum atomic E-state index is -0.498. The summed E-state index contributed by atoms with van der Waals surface area (Å²) in [7, 11) is 0. The van der Waals surface area contributed by atoms with Crippen molar-refractivity contribution in [3.8, 4) is 17.0 Å². The quantitative estimate of drug-likeness (QED) is 0.847. The van der Waals surface area contributed by atoms with Gasteiger partial charge in [-0.3, -0.25) is 9.78 Å². The maximum absolute atomic E-state index is 12.2. The second-order valence-electron chi connectivity index (χ2n) is 5.60. The molecule has 0 fully saturated rings. The highest BCUT2D eigenvalue weighted by atomic mass is 16.7. The molecule has 0 spiro atoms. The second kappa shape index (κ2) is 5.21. The topological polar surface area (TPSA) is 48.4 Å². The molecule has 0 bridgehead atoms. The van der Waals surface area contributed by atoms with Gasteiger partial charge in [-0.1, -0.05) is 12.1 Å². The summed E-state index contributed by atoms with van der Waals surface area (Å²) in [5.74, 6) is 0.952. The number of carbonyl (C=O) groups excluding carboxylic acids is 1. The lowest BCUT2D eigenvalue weighted by Gasteiger charge is -2.29. The molecule has 22 heavy (non-hydrogen) atoms. The van der Waals surface area contributed by atoms with Crippen molar-refractivity contribution in [2.45, 2.75) is 32.5 Å². The van der Waals surface area contributed by atoms with Crippen LogP contribution in [-0.2, 0) is 11.2 Å². The number of ketones is 1. The van der Waals surface area contributed by atoms with Crippen LogP contribution in [0.3, 0.4) is 0 Å². The Bertz CT molecular complexity index is 754. The van der Waals surface area contributed by atoms with Gasteiger partial charge in [0.25, 0.3) is 0 Å². The molecule has 4 nitrogen and oxygen atoms in total. The Morgan fingerprint density at radius 2 is 2.14 bits per heavy atom. The van der Waals surface area contributed by atoms with Gasteiger partial charge >= 0.3 is 0 Å². The van der Waals surface area contributed by atoms with Crippen LogP contribution in [0.5, 0.6) is 5.75 Å². The smallest absolute Gasteiger partial charge is 0.228 e. The number of rotatable bonds is 2. The number of para-hydroxylation sites is 1. The molecule has 0 saturated carbocycles. The first-order valence-corrected chi connectivity index (χ1v) is 7.72. The maximum Gasteiger partial charge on any atom is 0.228 e. The fourth-order valence-corrected chi connectivity index (χ4v) is 3.16. The van der Waals surface area contributed by atoms with Gasteiger partial charge in [-0.2, -0.15) is 0 Å². The van der Waals surface area contributed by atoms with Crippen molar-refractivity contribution in [3.63, 3.8) is 0 Å². The molecule has 0 N–H and O–H groups in total. The second-order valence-corrected chi connectivity index (χ2v) is 5.60. The van der Waals surface area contributed by atoms with Crippen LogP contribution in [0.4, 0.5) is 0 Å². The van der Waals surface area contributed by atoms with Crippen molar-refractivity contribution in [3.05, 3.63) is 47.2 Å². The number of aryl methyl sites for hydroxylation is 1. The van der Waals surface area contributed by atoms with E-state index in [-0.39, 0.29) is 5.78 Å². The van der Waals surface area contributed by atoms with Gasteiger partial charge in [-0.15, -0.1) is 0 Å². The van der Waals surface area contributed by atoms with Crippen LogP contribution in [0.15, 0.2) is 30.3 Å². The van der Waals surface area contributed by atoms with Crippen molar-refractivity contribution in [2.75, 3.05) is 6.61 Å². The summed E-state index contributed by atoms with van der Waals surface area (Å²) in [6.45, 7) is 2.47. The van der Waals surface area contributed by atoms with Crippen LogP contribution in [-0.4, -0.2) is 17.4 Å². The Labute approximate surface area is 129 Å². The summed E-state index contributed by atoms with van der Waals surface area (Å²) < 4.78 is 11.7. The summed E-state index contributed by atoms with van der Waals surface area (Å²) in [6.07, 6.45) is 1.84. The summed E-state index contributed by atoms with van der Waals surface area (Å²) in [6, 6.07) is 9.76. The Morgan fingerprint density at radius 1 is 1.27 bits per heavy atom. The highest BCUT2D eigenvalue weighted by Crippen LogP contribution is 2.42. The molecule has 1 aromatic heterocycles. The molecule has 2 aliphatic rings. The van der Waals surface area contributed by atoms with E-state index in [1.165, 1.54) is 0 Å². The number of ether oxygens (including phenoxy) is 2. The van der Waals surface area contributed by atoms with Crippen LogP contribution in [0.2, 0.25) is 0 Å². The molecule has 4 rings (SSSR count). The predicted molar refractivity (Wildman–Crippen MR) is 81.9 cm³/mol. The zero-order valence-electron chi connectivity index (χ0n) is 12.5. The lowest BCUT2D eigenvalue weighted by atomic mass is 9.91. The van der Waals surface area contributed by atoms with Crippen molar-refractivity contribution in [2.24, 2.45) is 0 Å². The number of Topliss-reactive ketones (excluding diaryl/α,β-unsaturated/α-hetero) is 1. The first-order valence-electron chi connectivity index (χ1n) is 7.72. The summed E-state index contributed by atoms with van der Waals surface area (Å²) in [5.41, 5.74) is 4.34. The Balaban J connectivity index is 1.93. The number of aromatic nitrogens is 1. The number of nitrogens with zero attached hydrogens (tertiary/aromatic N) is 1. The van der Waals surface area contributed by atoms with Gasteiger partial charge in [0.2, 0.25) is 6.29 Å². The van der Waals surface area contributed by atoms with Crippen LogP contribution >= 0.6 is 0 Å². The first kappa shape index (κ1) is 13.5. The minimum Gasteiger partial charge on any atom is -0.460 e. The third-order valence-corrected chi connectivity index (χ3v) is 4.20. The molecule has 2 heterocycles. The number of carbonyl (C=O) groups is 1. The molecule has 4 heteroatoms. The predicted octanol–water partition coefficient (Wildman–Crippen LogP) is 3.70. The van der Waals surface area contributed by atoms with E-state index in [0.717, 1.165) is 46.7 Å². The monoisotopic (exact) mass is 295 g/mol. The molecule has 112 valence electrons. The van der Waals surface area contributed by atoms with Crippen molar-refractivity contribution >= 4 is 5.78 Å². The van der Waals surface area contributed by atoms with Crippen LogP contribution in [0.1, 0.15) is 47.7 Å². The van der Waals surface area contributed by atoms with Gasteiger partial charge < -0.3 is 9.47 Å². The standard InChI is InChI=1S/C18H17NO3/c1-2-21-18-13-10-12-14(7-5-8-15(12)20)19-17(13)11-6-3-4-9-16(11)22-18/h3-4,6,9-10,18H,2,5,7-8H2,1H3. The highest BCUT2D eigenvalue weighted by molar-refractivity contribution is 5.98. The van der Waals surface area contributed by atoms with Crippen molar-refractivity contribution < 1.29 is 14.3 Å². The minimum absolute atomic E-state index is 0.172. The third-order valence-electron chi connectivity index (χ3n) is 4.20. The number of fused-ring (bicyclic) bond motifs is 4. The van der Waals surface area contributed by atoms with Gasteiger partial charge in [-0.25, -0.2) is 0 Å². The van der Waals surface area contributed by atoms with Crippen LogP contribution in [0, 0.1) is 0 Å². The summed E-state index contributed by atoms with van der Waals surface area (Å²) in [4.78, 5) is 17.0. The molecule has 0 radical (unpaired) electrons. The molecule has 0 saturated heterocycles. The fraction of sp³-hybridized carbons (Fsp3) is 0.333. The zero-order chi connectivity index (χ0) is 15.1. The normalized spacial score (nSPS) is 19.0. The Hall–Kier alpha value is -2.20. The third kappa shape index (κ3) is 2.03. The average Bonchev–Trinajstić information content (AvgIpc) is 2.54. The lowest BCUT2D eigenvalue weighted by Crippen LogP contribution is -2.21. The van der Waals surface area contributed by atoms with E-state index in [2.05, 4.69) is 0 Å². The number of pyridine rings is 1. The summed E-state index contributed by atoms with van der Waals surface area (Å²) in [5, 5.41) is 0. The molecular formula is C18H17NO3. The molecule has 1 atom stereocenters. The van der Waals surface area contributed by atoms with Gasteiger partial charge in [0, 0.05) is 29.7 Å². The maximum atomic E-state index is 12.2. The fourth-order valence-electron chi connectivity index (χ4n) is 3.16. The molecule has 2 aromatic rings. The van der Waals surface area contributed by atoms with E-state index in [1.54, 1.807) is 0 Å². The number of hydrogen-bond acceptors (Lipinski definition) is 4.